The minimum absolute atomic E-state index is 2.41. The smallest absolute Gasteiger partial charge is 0.219 e. The van der Waals surface area contributed by atoms with Crippen LogP contribution in [-0.2, 0) is 0 Å². The molecular formula is C6H3Cl3F8. The SMILES string of the molecule is FC(F)CC(F)(Cl)C(F)(F)C(F)(Cl)C(F)(F)Cl. The molecule has 0 aromatic carbocycles. The summed E-state index contributed by atoms with van der Waals surface area (Å²) in [5.74, 6) is -5.86. The van der Waals surface area contributed by atoms with E-state index in [1.54, 1.807) is 0 Å². The van der Waals surface area contributed by atoms with Gasteiger partial charge in [-0.1, -0.05) is 23.2 Å². The summed E-state index contributed by atoms with van der Waals surface area (Å²) in [5, 5.41) is -15.7. The first-order valence-electron chi connectivity index (χ1n) is 3.65. The van der Waals surface area contributed by atoms with E-state index in [9.17, 15) is 35.1 Å². The van der Waals surface area contributed by atoms with Crippen molar-refractivity contribution in [2.45, 2.75) is 34.4 Å². The van der Waals surface area contributed by atoms with E-state index in [4.69, 9.17) is 0 Å². The first-order chi connectivity index (χ1) is 7.17. The fourth-order valence-electron chi connectivity index (χ4n) is 0.730. The summed E-state index contributed by atoms with van der Waals surface area (Å²) in [6, 6.07) is 0. The second-order valence-electron chi connectivity index (χ2n) is 2.95. The zero-order chi connectivity index (χ0) is 14.3. The molecule has 0 saturated heterocycles. The van der Waals surface area contributed by atoms with Crippen LogP contribution in [0.25, 0.3) is 0 Å². The van der Waals surface area contributed by atoms with Crippen molar-refractivity contribution in [2.75, 3.05) is 0 Å². The highest BCUT2D eigenvalue weighted by Crippen LogP contribution is 2.57. The minimum atomic E-state index is -5.86. The molecule has 0 saturated carbocycles. The molecule has 0 nitrogen and oxygen atoms in total. The Labute approximate surface area is 105 Å². The fraction of sp³-hybridized carbons (Fsp3) is 1.00. The summed E-state index contributed by atoms with van der Waals surface area (Å²) in [6.07, 6.45) is -6.15. The van der Waals surface area contributed by atoms with Gasteiger partial charge in [0, 0.05) is 0 Å². The van der Waals surface area contributed by atoms with E-state index < -0.39 is 34.4 Å². The van der Waals surface area contributed by atoms with Crippen LogP contribution < -0.4 is 0 Å². The average molecular weight is 333 g/mol. The van der Waals surface area contributed by atoms with E-state index in [0.717, 1.165) is 0 Å². The topological polar surface area (TPSA) is 0 Å². The Bertz CT molecular complexity index is 271. The Morgan fingerprint density at radius 3 is 1.41 bits per heavy atom. The second-order valence-corrected chi connectivity index (χ2v) is 4.54. The van der Waals surface area contributed by atoms with E-state index in [2.05, 4.69) is 34.8 Å². The number of rotatable bonds is 5. The maximum absolute atomic E-state index is 13.0. The lowest BCUT2D eigenvalue weighted by Gasteiger charge is -2.36. The fourth-order valence-corrected chi connectivity index (χ4v) is 1.29. The highest BCUT2D eigenvalue weighted by Gasteiger charge is 2.77. The molecule has 2 unspecified atom stereocenters. The Morgan fingerprint density at radius 1 is 0.824 bits per heavy atom. The highest BCUT2D eigenvalue weighted by molar-refractivity contribution is 6.34. The van der Waals surface area contributed by atoms with Crippen LogP contribution in [-0.4, -0.2) is 28.0 Å². The van der Waals surface area contributed by atoms with Gasteiger partial charge in [0.05, 0.1) is 6.42 Å². The quantitative estimate of drug-likeness (QED) is 0.495. The van der Waals surface area contributed by atoms with Gasteiger partial charge < -0.3 is 0 Å². The third-order valence-electron chi connectivity index (χ3n) is 1.62. The predicted octanol–water partition coefficient (Wildman–Crippen LogP) is 4.92. The van der Waals surface area contributed by atoms with Crippen LogP contribution >= 0.6 is 34.8 Å². The molecule has 104 valence electrons. The van der Waals surface area contributed by atoms with Gasteiger partial charge in [0.25, 0.3) is 5.13 Å². The van der Waals surface area contributed by atoms with Crippen molar-refractivity contribution in [3.63, 3.8) is 0 Å². The number of alkyl halides is 11. The molecule has 0 aliphatic rings. The molecule has 0 heterocycles. The summed E-state index contributed by atoms with van der Waals surface area (Å²) in [4.78, 5) is 0. The third-order valence-corrected chi connectivity index (χ3v) is 2.84. The van der Waals surface area contributed by atoms with Crippen molar-refractivity contribution < 1.29 is 35.1 Å². The second kappa shape index (κ2) is 4.77. The number of hydrogen-bond donors (Lipinski definition) is 0. The van der Waals surface area contributed by atoms with Gasteiger partial charge in [-0.2, -0.15) is 17.6 Å². The summed E-state index contributed by atoms with van der Waals surface area (Å²) in [6.45, 7) is 0. The molecule has 0 amide bonds. The van der Waals surface area contributed by atoms with Crippen molar-refractivity contribution in [1.29, 1.82) is 0 Å². The standard InChI is InChI=1S/C6H3Cl3F8/c7-3(12,1-2(10)11)5(14,15)4(8,13)6(9,16)17/h2H,1H2. The van der Waals surface area contributed by atoms with Crippen LogP contribution in [0.15, 0.2) is 0 Å². The molecule has 0 bridgehead atoms. The van der Waals surface area contributed by atoms with Gasteiger partial charge in [-0.05, 0) is 11.6 Å². The summed E-state index contributed by atoms with van der Waals surface area (Å²) >= 11 is 12.3. The lowest BCUT2D eigenvalue weighted by molar-refractivity contribution is -0.219. The van der Waals surface area contributed by atoms with E-state index in [-0.39, 0.29) is 0 Å². The first kappa shape index (κ1) is 17.3. The largest absolute Gasteiger partial charge is 0.375 e. The van der Waals surface area contributed by atoms with Crippen LogP contribution in [0.4, 0.5) is 35.1 Å². The monoisotopic (exact) mass is 332 g/mol. The Hall–Kier alpha value is 0.310. The molecule has 11 heteroatoms. The maximum atomic E-state index is 13.0. The van der Waals surface area contributed by atoms with E-state index in [1.807, 2.05) is 0 Å². The Balaban J connectivity index is 5.39. The average Bonchev–Trinajstić information content (AvgIpc) is 1.98. The van der Waals surface area contributed by atoms with Crippen molar-refractivity contribution >= 4 is 34.8 Å². The molecule has 0 radical (unpaired) electrons. The van der Waals surface area contributed by atoms with Gasteiger partial charge >= 0.3 is 16.4 Å². The van der Waals surface area contributed by atoms with Crippen molar-refractivity contribution in [3.8, 4) is 0 Å². The van der Waals surface area contributed by atoms with Crippen molar-refractivity contribution in [2.24, 2.45) is 0 Å². The zero-order valence-corrected chi connectivity index (χ0v) is 9.71. The summed E-state index contributed by atoms with van der Waals surface area (Å²) in [7, 11) is 0. The summed E-state index contributed by atoms with van der Waals surface area (Å²) < 4.78 is 99.6. The molecule has 0 rings (SSSR count). The normalized spacial score (nSPS) is 21.2. The van der Waals surface area contributed by atoms with Crippen LogP contribution in [0.1, 0.15) is 6.42 Å². The van der Waals surface area contributed by atoms with Gasteiger partial charge in [-0.3, -0.25) is 0 Å². The summed E-state index contributed by atoms with van der Waals surface area (Å²) in [5.41, 5.74) is 0. The van der Waals surface area contributed by atoms with Crippen LogP contribution in [0.3, 0.4) is 0 Å². The van der Waals surface area contributed by atoms with Crippen LogP contribution in [0.5, 0.6) is 0 Å². The zero-order valence-electron chi connectivity index (χ0n) is 7.44. The van der Waals surface area contributed by atoms with Crippen molar-refractivity contribution in [3.05, 3.63) is 0 Å². The van der Waals surface area contributed by atoms with Gasteiger partial charge in [0.2, 0.25) is 6.43 Å². The van der Waals surface area contributed by atoms with Gasteiger partial charge in [0.1, 0.15) is 0 Å². The van der Waals surface area contributed by atoms with Crippen LogP contribution in [0, 0.1) is 0 Å². The number of hydrogen-bond acceptors (Lipinski definition) is 0. The number of halogens is 11. The highest BCUT2D eigenvalue weighted by atomic mass is 35.5. The lowest BCUT2D eigenvalue weighted by atomic mass is 10.1. The molecule has 0 N–H and O–H groups in total. The lowest BCUT2D eigenvalue weighted by Crippen LogP contribution is -2.59. The molecule has 0 fully saturated rings. The van der Waals surface area contributed by atoms with Crippen molar-refractivity contribution in [1.82, 2.24) is 0 Å². The first-order valence-corrected chi connectivity index (χ1v) is 4.78. The third kappa shape index (κ3) is 3.20. The molecule has 17 heavy (non-hydrogen) atoms. The van der Waals surface area contributed by atoms with Gasteiger partial charge in [-0.15, -0.1) is 0 Å². The van der Waals surface area contributed by atoms with E-state index >= 15 is 0 Å². The molecule has 0 aromatic heterocycles. The molecule has 0 aliphatic carbocycles. The van der Waals surface area contributed by atoms with E-state index in [0.29, 0.717) is 0 Å². The Kier molecular flexibility index (Phi) is 4.86. The van der Waals surface area contributed by atoms with E-state index in [1.165, 1.54) is 0 Å². The molecule has 0 spiro atoms. The Morgan fingerprint density at radius 2 is 1.18 bits per heavy atom. The molecule has 0 aromatic rings. The molecular weight excluding hydrogens is 330 g/mol. The molecule has 0 aliphatic heterocycles. The van der Waals surface area contributed by atoms with Gasteiger partial charge in [0.15, 0.2) is 0 Å². The van der Waals surface area contributed by atoms with Gasteiger partial charge in [-0.25, -0.2) is 17.6 Å². The van der Waals surface area contributed by atoms with Crippen LogP contribution in [0.2, 0.25) is 0 Å². The molecule has 2 atom stereocenters. The predicted molar refractivity (Wildman–Crippen MR) is 45.8 cm³/mol. The minimum Gasteiger partial charge on any atom is -0.219 e. The maximum Gasteiger partial charge on any atom is 0.375 e.